The lowest BCUT2D eigenvalue weighted by Crippen LogP contribution is -2.31. The molecule has 2 heterocycles. The molecule has 4 nitrogen and oxygen atoms in total. The Bertz CT molecular complexity index is 534. The molecule has 0 N–H and O–H groups in total. The number of carbonyl (C=O) groups is 1. The molecule has 1 aromatic rings. The SMILES string of the molecule is O=C1CSC2=NN(c3ccc(Cl)c(Cl)c3)CN12. The molecule has 0 aliphatic carbocycles. The predicted molar refractivity (Wildman–Crippen MR) is 70.5 cm³/mol. The Morgan fingerprint density at radius 3 is 2.82 bits per heavy atom. The number of amides is 1. The first-order chi connectivity index (χ1) is 8.15. The largest absolute Gasteiger partial charge is 0.273 e. The number of anilines is 1. The zero-order chi connectivity index (χ0) is 12.0. The Morgan fingerprint density at radius 2 is 2.12 bits per heavy atom. The van der Waals surface area contributed by atoms with E-state index < -0.39 is 0 Å². The molecule has 17 heavy (non-hydrogen) atoms. The van der Waals surface area contributed by atoms with Crippen LogP contribution in [0.3, 0.4) is 0 Å². The van der Waals surface area contributed by atoms with Crippen molar-refractivity contribution < 1.29 is 4.79 Å². The molecule has 0 saturated carbocycles. The van der Waals surface area contributed by atoms with Crippen molar-refractivity contribution >= 4 is 51.7 Å². The molecular formula is C10H7Cl2N3OS. The quantitative estimate of drug-likeness (QED) is 0.797. The Kier molecular flexibility index (Phi) is 2.69. The molecule has 1 saturated heterocycles. The summed E-state index contributed by atoms with van der Waals surface area (Å²) in [6.45, 7) is 0.444. The standard InChI is InChI=1S/C10H7Cl2N3OS/c11-7-2-1-6(3-8(7)12)15-5-14-9(16)4-17-10(14)13-15/h1-3H,4-5H2. The van der Waals surface area contributed by atoms with Crippen LogP contribution in [0.15, 0.2) is 23.3 Å². The minimum atomic E-state index is 0.0938. The van der Waals surface area contributed by atoms with Crippen LogP contribution in [0.5, 0.6) is 0 Å². The van der Waals surface area contributed by atoms with Crippen LogP contribution < -0.4 is 5.01 Å². The van der Waals surface area contributed by atoms with E-state index in [1.807, 2.05) is 6.07 Å². The topological polar surface area (TPSA) is 35.9 Å². The Hall–Kier alpha value is -0.910. The second-order valence-corrected chi connectivity index (χ2v) is 5.39. The van der Waals surface area contributed by atoms with Crippen molar-refractivity contribution in [3.63, 3.8) is 0 Å². The van der Waals surface area contributed by atoms with E-state index in [9.17, 15) is 4.79 Å². The average molecular weight is 288 g/mol. The maximum absolute atomic E-state index is 11.5. The number of thioether (sulfide) groups is 1. The first kappa shape index (κ1) is 11.2. The smallest absolute Gasteiger partial charge is 0.240 e. The number of hydrogen-bond acceptors (Lipinski definition) is 4. The maximum Gasteiger partial charge on any atom is 0.240 e. The number of fused-ring (bicyclic) bond motifs is 1. The Morgan fingerprint density at radius 1 is 1.29 bits per heavy atom. The number of halogens is 2. The minimum absolute atomic E-state index is 0.0938. The fourth-order valence-corrected chi connectivity index (χ4v) is 2.84. The van der Waals surface area contributed by atoms with Crippen LogP contribution in [0.25, 0.3) is 0 Å². The summed E-state index contributed by atoms with van der Waals surface area (Å²) < 4.78 is 0. The van der Waals surface area contributed by atoms with E-state index in [0.29, 0.717) is 22.5 Å². The number of nitrogens with zero attached hydrogens (tertiary/aromatic N) is 3. The first-order valence-electron chi connectivity index (χ1n) is 4.89. The molecule has 1 amide bonds. The monoisotopic (exact) mass is 287 g/mol. The van der Waals surface area contributed by atoms with Gasteiger partial charge in [-0.2, -0.15) is 0 Å². The summed E-state index contributed by atoms with van der Waals surface area (Å²) in [4.78, 5) is 13.2. The van der Waals surface area contributed by atoms with Crippen molar-refractivity contribution in [3.05, 3.63) is 28.2 Å². The van der Waals surface area contributed by atoms with Crippen molar-refractivity contribution in [2.45, 2.75) is 0 Å². The van der Waals surface area contributed by atoms with Crippen LogP contribution in [0.2, 0.25) is 10.0 Å². The van der Waals surface area contributed by atoms with Gasteiger partial charge in [-0.25, -0.2) is 5.01 Å². The van der Waals surface area contributed by atoms with Gasteiger partial charge in [-0.05, 0) is 18.2 Å². The third kappa shape index (κ3) is 1.88. The molecule has 2 aliphatic heterocycles. The van der Waals surface area contributed by atoms with Gasteiger partial charge in [0.1, 0.15) is 6.67 Å². The van der Waals surface area contributed by atoms with Gasteiger partial charge < -0.3 is 0 Å². The van der Waals surface area contributed by atoms with Crippen molar-refractivity contribution in [1.29, 1.82) is 0 Å². The summed E-state index contributed by atoms with van der Waals surface area (Å²) in [6.07, 6.45) is 0. The van der Waals surface area contributed by atoms with E-state index in [4.69, 9.17) is 23.2 Å². The number of hydrazone groups is 1. The van der Waals surface area contributed by atoms with Gasteiger partial charge in [-0.3, -0.25) is 9.69 Å². The molecule has 0 unspecified atom stereocenters. The van der Waals surface area contributed by atoms with E-state index in [-0.39, 0.29) is 5.91 Å². The zero-order valence-corrected chi connectivity index (χ0v) is 10.9. The van der Waals surface area contributed by atoms with Gasteiger partial charge in [-0.1, -0.05) is 35.0 Å². The highest BCUT2D eigenvalue weighted by Gasteiger charge is 2.35. The van der Waals surface area contributed by atoms with Gasteiger partial charge in [-0.15, -0.1) is 5.10 Å². The second kappa shape index (κ2) is 4.08. The third-order valence-electron chi connectivity index (χ3n) is 2.54. The number of benzene rings is 1. The average Bonchev–Trinajstić information content (AvgIpc) is 2.86. The van der Waals surface area contributed by atoms with Crippen molar-refractivity contribution in [2.24, 2.45) is 5.10 Å². The number of hydrogen-bond donors (Lipinski definition) is 0. The van der Waals surface area contributed by atoms with Crippen molar-refractivity contribution in [3.8, 4) is 0 Å². The van der Waals surface area contributed by atoms with Gasteiger partial charge in [0, 0.05) is 0 Å². The van der Waals surface area contributed by atoms with Crippen molar-refractivity contribution in [1.82, 2.24) is 4.90 Å². The van der Waals surface area contributed by atoms with Crippen LogP contribution >= 0.6 is 35.0 Å². The first-order valence-corrected chi connectivity index (χ1v) is 6.63. The van der Waals surface area contributed by atoms with Crippen LogP contribution in [0, 0.1) is 0 Å². The maximum atomic E-state index is 11.5. The predicted octanol–water partition coefficient (Wildman–Crippen LogP) is 2.62. The molecule has 0 radical (unpaired) electrons. The number of amidine groups is 1. The minimum Gasteiger partial charge on any atom is -0.273 e. The molecule has 3 rings (SSSR count). The Labute approximate surface area is 112 Å². The zero-order valence-electron chi connectivity index (χ0n) is 8.56. The highest BCUT2D eigenvalue weighted by atomic mass is 35.5. The van der Waals surface area contributed by atoms with E-state index in [0.717, 1.165) is 10.9 Å². The molecule has 0 spiro atoms. The van der Waals surface area contributed by atoms with Crippen LogP contribution in [-0.4, -0.2) is 28.4 Å². The summed E-state index contributed by atoms with van der Waals surface area (Å²) in [6, 6.07) is 5.29. The third-order valence-corrected chi connectivity index (χ3v) is 4.23. The second-order valence-electron chi connectivity index (χ2n) is 3.63. The fourth-order valence-electron chi connectivity index (χ4n) is 1.66. The number of rotatable bonds is 1. The molecule has 88 valence electrons. The fraction of sp³-hybridized carbons (Fsp3) is 0.200. The van der Waals surface area contributed by atoms with E-state index >= 15 is 0 Å². The highest BCUT2D eigenvalue weighted by molar-refractivity contribution is 8.15. The molecule has 0 bridgehead atoms. The molecule has 1 fully saturated rings. The van der Waals surface area contributed by atoms with Crippen LogP contribution in [0.1, 0.15) is 0 Å². The summed E-state index contributed by atoms with van der Waals surface area (Å²) in [5.41, 5.74) is 0.828. The van der Waals surface area contributed by atoms with E-state index in [2.05, 4.69) is 5.10 Å². The van der Waals surface area contributed by atoms with Crippen LogP contribution in [0.4, 0.5) is 5.69 Å². The lowest BCUT2D eigenvalue weighted by molar-refractivity contribution is -0.123. The Balaban J connectivity index is 1.90. The normalized spacial score (nSPS) is 18.7. The molecule has 1 aromatic carbocycles. The summed E-state index contributed by atoms with van der Waals surface area (Å²) in [5.74, 6) is 0.574. The summed E-state index contributed by atoms with van der Waals surface area (Å²) >= 11 is 13.3. The van der Waals surface area contributed by atoms with Crippen LogP contribution in [-0.2, 0) is 4.79 Å². The van der Waals surface area contributed by atoms with E-state index in [1.165, 1.54) is 11.8 Å². The van der Waals surface area contributed by atoms with E-state index in [1.54, 1.807) is 22.0 Å². The summed E-state index contributed by atoms with van der Waals surface area (Å²) in [5, 5.41) is 7.84. The number of carbonyl (C=O) groups excluding carboxylic acids is 1. The van der Waals surface area contributed by atoms with Gasteiger partial charge in [0.2, 0.25) is 5.91 Å². The van der Waals surface area contributed by atoms with Gasteiger partial charge >= 0.3 is 0 Å². The van der Waals surface area contributed by atoms with Gasteiger partial charge in [0.25, 0.3) is 0 Å². The highest BCUT2D eigenvalue weighted by Crippen LogP contribution is 2.32. The molecule has 2 aliphatic rings. The molecule has 7 heteroatoms. The lowest BCUT2D eigenvalue weighted by Gasteiger charge is -2.16. The summed E-state index contributed by atoms with van der Waals surface area (Å²) in [7, 11) is 0. The lowest BCUT2D eigenvalue weighted by atomic mass is 10.3. The van der Waals surface area contributed by atoms with Crippen molar-refractivity contribution in [2.75, 3.05) is 17.4 Å². The molecular weight excluding hydrogens is 281 g/mol. The molecule has 0 aromatic heterocycles. The van der Waals surface area contributed by atoms with Gasteiger partial charge in [0.15, 0.2) is 5.17 Å². The molecule has 0 atom stereocenters. The van der Waals surface area contributed by atoms with Gasteiger partial charge in [0.05, 0.1) is 21.5 Å².